The molecule has 36 heavy (non-hydrogen) atoms. The van der Waals surface area contributed by atoms with Crippen LogP contribution < -0.4 is 20.7 Å². The van der Waals surface area contributed by atoms with Gasteiger partial charge in [0, 0.05) is 12.1 Å². The van der Waals surface area contributed by atoms with Gasteiger partial charge in [-0.05, 0) is 49.5 Å². The van der Waals surface area contributed by atoms with Crippen LogP contribution in [0.4, 0.5) is 0 Å². The molecule has 0 aromatic heterocycles. The number of amides is 3. The fourth-order valence-corrected chi connectivity index (χ4v) is 4.06. The second-order valence-corrected chi connectivity index (χ2v) is 9.03. The average Bonchev–Trinajstić information content (AvgIpc) is 2.85. The third-order valence-corrected chi connectivity index (χ3v) is 6.00. The third kappa shape index (κ3) is 8.58. The Morgan fingerprint density at radius 3 is 2.56 bits per heavy atom. The number of phenolic OH excluding ortho intramolecular Hbond substituents is 1. The Labute approximate surface area is 211 Å². The Hall–Kier alpha value is -3.56. The number of esters is 1. The van der Waals surface area contributed by atoms with Crippen molar-refractivity contribution in [1.29, 1.82) is 0 Å². The number of hydrogen-bond donors (Lipinski definition) is 4. The SMILES string of the molecule is CCOC(=O)[C@@H]1CCCC[C@@H]1NC(=O)[C@@H](NC(=O)CNC(=O)/C=C/c1ccc(O)c(OC)c1)C(C)C. The molecule has 0 spiro atoms. The highest BCUT2D eigenvalue weighted by atomic mass is 16.5. The van der Waals surface area contributed by atoms with Gasteiger partial charge in [0.25, 0.3) is 0 Å². The molecule has 1 aliphatic rings. The number of carbonyl (C=O) groups excluding carboxylic acids is 4. The first kappa shape index (κ1) is 28.7. The molecule has 1 saturated carbocycles. The van der Waals surface area contributed by atoms with Crippen LogP contribution in [0.1, 0.15) is 52.0 Å². The minimum atomic E-state index is -0.820. The largest absolute Gasteiger partial charge is 0.504 e. The van der Waals surface area contributed by atoms with Gasteiger partial charge in [0.2, 0.25) is 17.7 Å². The van der Waals surface area contributed by atoms with Gasteiger partial charge in [-0.25, -0.2) is 0 Å². The first-order valence-corrected chi connectivity index (χ1v) is 12.3. The van der Waals surface area contributed by atoms with Crippen molar-refractivity contribution in [2.24, 2.45) is 11.8 Å². The topological polar surface area (TPSA) is 143 Å². The van der Waals surface area contributed by atoms with E-state index in [0.29, 0.717) is 18.4 Å². The average molecular weight is 504 g/mol. The maximum Gasteiger partial charge on any atom is 0.311 e. The van der Waals surface area contributed by atoms with Crippen molar-refractivity contribution in [2.45, 2.75) is 58.5 Å². The van der Waals surface area contributed by atoms with Crippen molar-refractivity contribution >= 4 is 29.8 Å². The van der Waals surface area contributed by atoms with Crippen molar-refractivity contribution in [2.75, 3.05) is 20.3 Å². The Kier molecular flexibility index (Phi) is 11.2. The van der Waals surface area contributed by atoms with Gasteiger partial charge in [0.1, 0.15) is 6.04 Å². The summed E-state index contributed by atoms with van der Waals surface area (Å²) in [7, 11) is 1.42. The number of methoxy groups -OCH3 is 1. The Bertz CT molecular complexity index is 961. The van der Waals surface area contributed by atoms with Crippen molar-refractivity contribution < 1.29 is 33.8 Å². The summed E-state index contributed by atoms with van der Waals surface area (Å²) in [5, 5.41) is 17.7. The second-order valence-electron chi connectivity index (χ2n) is 9.03. The zero-order valence-electron chi connectivity index (χ0n) is 21.3. The van der Waals surface area contributed by atoms with Gasteiger partial charge in [-0.2, -0.15) is 0 Å². The molecule has 0 heterocycles. The molecule has 1 aliphatic carbocycles. The third-order valence-electron chi connectivity index (χ3n) is 6.00. The summed E-state index contributed by atoms with van der Waals surface area (Å²) in [4.78, 5) is 49.9. The lowest BCUT2D eigenvalue weighted by atomic mass is 9.84. The standard InChI is InChI=1S/C26H37N3O7/c1-5-36-26(34)18-8-6-7-9-19(18)28-25(33)24(16(2)3)29-23(32)15-27-22(31)13-11-17-10-12-20(30)21(14-17)35-4/h10-14,16,18-19,24,30H,5-9,15H2,1-4H3,(H,27,31)(H,28,33)(H,29,32)/b13-11+/t18-,19+,24+/m1/s1. The fraction of sp³-hybridized carbons (Fsp3) is 0.538. The molecule has 3 amide bonds. The highest BCUT2D eigenvalue weighted by Crippen LogP contribution is 2.27. The zero-order valence-corrected chi connectivity index (χ0v) is 21.3. The van der Waals surface area contributed by atoms with Crippen LogP contribution in [0.5, 0.6) is 11.5 Å². The van der Waals surface area contributed by atoms with Crippen LogP contribution in [0.15, 0.2) is 24.3 Å². The smallest absolute Gasteiger partial charge is 0.311 e. The molecular weight excluding hydrogens is 466 g/mol. The highest BCUT2D eigenvalue weighted by molar-refractivity contribution is 5.95. The Morgan fingerprint density at radius 2 is 1.89 bits per heavy atom. The first-order chi connectivity index (χ1) is 17.2. The Morgan fingerprint density at radius 1 is 1.17 bits per heavy atom. The number of carbonyl (C=O) groups is 4. The van der Waals surface area contributed by atoms with Crippen molar-refractivity contribution in [3.8, 4) is 11.5 Å². The molecule has 1 fully saturated rings. The Balaban J connectivity index is 1.90. The molecule has 1 aromatic rings. The highest BCUT2D eigenvalue weighted by Gasteiger charge is 2.35. The van der Waals surface area contributed by atoms with Gasteiger partial charge < -0.3 is 30.5 Å². The lowest BCUT2D eigenvalue weighted by molar-refractivity contribution is -0.150. The molecule has 2 rings (SSSR count). The van der Waals surface area contributed by atoms with E-state index in [1.807, 2.05) is 13.8 Å². The number of aromatic hydroxyl groups is 1. The number of hydrogen-bond acceptors (Lipinski definition) is 7. The van der Waals surface area contributed by atoms with Gasteiger partial charge >= 0.3 is 5.97 Å². The van der Waals surface area contributed by atoms with E-state index >= 15 is 0 Å². The van der Waals surface area contributed by atoms with Gasteiger partial charge in [0.15, 0.2) is 11.5 Å². The molecule has 0 bridgehead atoms. The van der Waals surface area contributed by atoms with Crippen LogP contribution in [0.3, 0.4) is 0 Å². The number of benzene rings is 1. The maximum absolute atomic E-state index is 13.0. The molecule has 0 unspecified atom stereocenters. The van der Waals surface area contributed by atoms with Crippen LogP contribution >= 0.6 is 0 Å². The molecule has 198 valence electrons. The van der Waals surface area contributed by atoms with Crippen LogP contribution in [0.25, 0.3) is 6.08 Å². The lowest BCUT2D eigenvalue weighted by Gasteiger charge is -2.32. The van der Waals surface area contributed by atoms with Crippen LogP contribution in [-0.4, -0.2) is 61.1 Å². The van der Waals surface area contributed by atoms with Gasteiger partial charge in [-0.3, -0.25) is 19.2 Å². The van der Waals surface area contributed by atoms with Gasteiger partial charge in [-0.1, -0.05) is 32.8 Å². The van der Waals surface area contributed by atoms with Crippen molar-refractivity contribution in [3.63, 3.8) is 0 Å². The molecule has 1 aromatic carbocycles. The number of nitrogens with one attached hydrogen (secondary N) is 3. The minimum absolute atomic E-state index is 0.0144. The van der Waals surface area contributed by atoms with E-state index in [-0.39, 0.29) is 48.5 Å². The summed E-state index contributed by atoms with van der Waals surface area (Å²) in [6, 6.07) is 3.46. The molecule has 4 N–H and O–H groups in total. The van der Waals surface area contributed by atoms with Crippen LogP contribution in [0.2, 0.25) is 0 Å². The van der Waals surface area contributed by atoms with E-state index in [2.05, 4.69) is 16.0 Å². The van der Waals surface area contributed by atoms with Crippen LogP contribution in [-0.2, 0) is 23.9 Å². The van der Waals surface area contributed by atoms with E-state index in [1.54, 1.807) is 19.1 Å². The summed E-state index contributed by atoms with van der Waals surface area (Å²) in [5.41, 5.74) is 0.629. The molecule has 10 heteroatoms. The predicted molar refractivity (Wildman–Crippen MR) is 134 cm³/mol. The van der Waals surface area contributed by atoms with Gasteiger partial charge in [-0.15, -0.1) is 0 Å². The monoisotopic (exact) mass is 503 g/mol. The molecule has 0 saturated heterocycles. The number of phenols is 1. The first-order valence-electron chi connectivity index (χ1n) is 12.3. The van der Waals surface area contributed by atoms with Crippen LogP contribution in [0, 0.1) is 11.8 Å². The minimum Gasteiger partial charge on any atom is -0.504 e. The second kappa shape index (κ2) is 14.1. The number of rotatable bonds is 11. The van der Waals surface area contributed by atoms with Crippen molar-refractivity contribution in [1.82, 2.24) is 16.0 Å². The van der Waals surface area contributed by atoms with Gasteiger partial charge in [0.05, 0.1) is 26.2 Å². The van der Waals surface area contributed by atoms with E-state index in [9.17, 15) is 24.3 Å². The lowest BCUT2D eigenvalue weighted by Crippen LogP contribution is -2.56. The molecule has 10 nitrogen and oxygen atoms in total. The fourth-order valence-electron chi connectivity index (χ4n) is 4.06. The summed E-state index contributed by atoms with van der Waals surface area (Å²) < 4.78 is 10.2. The normalized spacial score (nSPS) is 18.4. The van der Waals surface area contributed by atoms with E-state index in [0.717, 1.165) is 12.8 Å². The zero-order chi connectivity index (χ0) is 26.7. The predicted octanol–water partition coefficient (Wildman–Crippen LogP) is 1.91. The van der Waals surface area contributed by atoms with E-state index in [4.69, 9.17) is 9.47 Å². The molecular formula is C26H37N3O7. The summed E-state index contributed by atoms with van der Waals surface area (Å²) in [6.45, 7) is 5.33. The van der Waals surface area contributed by atoms with E-state index in [1.165, 1.54) is 25.3 Å². The number of ether oxygens (including phenoxy) is 2. The summed E-state index contributed by atoms with van der Waals surface area (Å²) in [6.07, 6.45) is 5.89. The molecule has 0 radical (unpaired) electrons. The van der Waals surface area contributed by atoms with E-state index < -0.39 is 23.8 Å². The van der Waals surface area contributed by atoms with Crippen molar-refractivity contribution in [3.05, 3.63) is 29.8 Å². The summed E-state index contributed by atoms with van der Waals surface area (Å²) >= 11 is 0. The quantitative estimate of drug-likeness (QED) is 0.267. The molecule has 3 atom stereocenters. The maximum atomic E-state index is 13.0. The summed E-state index contributed by atoms with van der Waals surface area (Å²) in [5.74, 6) is -2.04. The molecule has 0 aliphatic heterocycles.